The first kappa shape index (κ1) is 12.6. The number of amides is 1. The minimum Gasteiger partial charge on any atom is -0.384 e. The highest BCUT2D eigenvalue weighted by atomic mass is 35.5. The monoisotopic (exact) mass is 282 g/mol. The van der Waals surface area contributed by atoms with Gasteiger partial charge in [0.1, 0.15) is 11.5 Å². The van der Waals surface area contributed by atoms with Gasteiger partial charge in [0.25, 0.3) is 5.91 Å². The Kier molecular flexibility index (Phi) is 3.64. The van der Waals surface area contributed by atoms with Crippen molar-refractivity contribution in [3.05, 3.63) is 46.2 Å². The van der Waals surface area contributed by atoms with Crippen LogP contribution in [0.25, 0.3) is 0 Å². The second-order valence-corrected chi connectivity index (χ2v) is 4.17. The Bertz CT molecular complexity index is 603. The zero-order valence-electron chi connectivity index (χ0n) is 9.02. The maximum absolute atomic E-state index is 11.9. The summed E-state index contributed by atoms with van der Waals surface area (Å²) in [6, 6.07) is 6.27. The number of aromatic nitrogens is 2. The van der Waals surface area contributed by atoms with Crippen LogP contribution in [0.2, 0.25) is 10.0 Å². The van der Waals surface area contributed by atoms with Crippen molar-refractivity contribution in [3.8, 4) is 0 Å². The Labute approximate surface area is 113 Å². The number of halogens is 2. The van der Waals surface area contributed by atoms with E-state index in [1.54, 1.807) is 12.1 Å². The summed E-state index contributed by atoms with van der Waals surface area (Å²) in [6.45, 7) is 0. The lowest BCUT2D eigenvalue weighted by Gasteiger charge is -2.06. The van der Waals surface area contributed by atoms with Gasteiger partial charge < -0.3 is 11.1 Å². The summed E-state index contributed by atoms with van der Waals surface area (Å²) < 4.78 is 0. The van der Waals surface area contributed by atoms with Gasteiger partial charge in [0.05, 0.1) is 10.0 Å². The first-order valence-corrected chi connectivity index (χ1v) is 5.67. The van der Waals surface area contributed by atoms with Crippen LogP contribution in [0.4, 0.5) is 11.6 Å². The molecule has 2 aromatic rings. The summed E-state index contributed by atoms with van der Waals surface area (Å²) in [7, 11) is 0. The third-order valence-electron chi connectivity index (χ3n) is 2.07. The molecule has 0 saturated heterocycles. The van der Waals surface area contributed by atoms with Crippen LogP contribution in [0.5, 0.6) is 0 Å². The van der Waals surface area contributed by atoms with Crippen LogP contribution in [0.15, 0.2) is 30.5 Å². The lowest BCUT2D eigenvalue weighted by molar-refractivity contribution is 0.102. The van der Waals surface area contributed by atoms with Crippen molar-refractivity contribution in [2.24, 2.45) is 0 Å². The van der Waals surface area contributed by atoms with E-state index in [9.17, 15) is 4.79 Å². The zero-order chi connectivity index (χ0) is 13.1. The Hall–Kier alpha value is -1.85. The second kappa shape index (κ2) is 5.20. The van der Waals surface area contributed by atoms with Gasteiger partial charge in [-0.05, 0) is 24.3 Å². The molecule has 0 aromatic carbocycles. The molecule has 0 spiro atoms. The molecule has 2 aromatic heterocycles. The minimum absolute atomic E-state index is 0.0263. The Morgan fingerprint density at radius 1 is 1.22 bits per heavy atom. The maximum Gasteiger partial charge on any atom is 0.277 e. The fraction of sp³-hybridized carbons (Fsp3) is 0. The van der Waals surface area contributed by atoms with Gasteiger partial charge in [0, 0.05) is 6.20 Å². The number of carbonyl (C=O) groups is 1. The lowest BCUT2D eigenvalue weighted by Crippen LogP contribution is -2.16. The van der Waals surface area contributed by atoms with E-state index in [-0.39, 0.29) is 22.4 Å². The fourth-order valence-corrected chi connectivity index (χ4v) is 1.62. The van der Waals surface area contributed by atoms with Gasteiger partial charge in [0.2, 0.25) is 0 Å². The summed E-state index contributed by atoms with van der Waals surface area (Å²) in [5.74, 6) is -0.0750. The minimum atomic E-state index is -0.520. The molecule has 0 fully saturated rings. The summed E-state index contributed by atoms with van der Waals surface area (Å²) >= 11 is 11.7. The number of rotatable bonds is 2. The molecule has 3 N–H and O–H groups in total. The molecule has 0 aliphatic heterocycles. The lowest BCUT2D eigenvalue weighted by atomic mass is 10.3. The number of nitrogens with two attached hydrogens (primary N) is 1. The van der Waals surface area contributed by atoms with Crippen molar-refractivity contribution < 1.29 is 4.79 Å². The summed E-state index contributed by atoms with van der Waals surface area (Å²) in [5.41, 5.74) is 5.52. The normalized spacial score (nSPS) is 10.1. The molecule has 0 bridgehead atoms. The molecule has 18 heavy (non-hydrogen) atoms. The first-order valence-electron chi connectivity index (χ1n) is 4.92. The van der Waals surface area contributed by atoms with Gasteiger partial charge in [-0.3, -0.25) is 4.79 Å². The predicted octanol–water partition coefficient (Wildman–Crippen LogP) is 2.62. The van der Waals surface area contributed by atoms with Crippen LogP contribution in [0, 0.1) is 0 Å². The fourth-order valence-electron chi connectivity index (χ4n) is 1.26. The molecule has 0 unspecified atom stereocenters. The van der Waals surface area contributed by atoms with E-state index in [1.807, 2.05) is 0 Å². The van der Waals surface area contributed by atoms with E-state index in [2.05, 4.69) is 15.3 Å². The van der Waals surface area contributed by atoms with E-state index < -0.39 is 5.91 Å². The number of carbonyl (C=O) groups excluding carboxylic acids is 1. The number of nitrogens with zero attached hydrogens (tertiary/aromatic N) is 2. The van der Waals surface area contributed by atoms with E-state index in [4.69, 9.17) is 28.9 Å². The molecular formula is C11H8Cl2N4O. The van der Waals surface area contributed by atoms with Crippen LogP contribution in [0.1, 0.15) is 10.5 Å². The van der Waals surface area contributed by atoms with Gasteiger partial charge in [-0.15, -0.1) is 0 Å². The highest BCUT2D eigenvalue weighted by Crippen LogP contribution is 2.20. The van der Waals surface area contributed by atoms with Crippen LogP contribution in [0.3, 0.4) is 0 Å². The molecule has 0 aliphatic rings. The van der Waals surface area contributed by atoms with Crippen molar-refractivity contribution in [1.29, 1.82) is 0 Å². The molecule has 0 saturated carbocycles. The van der Waals surface area contributed by atoms with Gasteiger partial charge in [0.15, 0.2) is 5.82 Å². The number of anilines is 2. The van der Waals surface area contributed by atoms with E-state index >= 15 is 0 Å². The Morgan fingerprint density at radius 3 is 2.72 bits per heavy atom. The van der Waals surface area contributed by atoms with E-state index in [1.165, 1.54) is 18.3 Å². The largest absolute Gasteiger partial charge is 0.384 e. The SMILES string of the molecule is Nc1ccc(Cl)c(C(=O)Nc2ncccc2Cl)n1. The summed E-state index contributed by atoms with van der Waals surface area (Å²) in [4.78, 5) is 19.7. The molecule has 92 valence electrons. The molecule has 0 radical (unpaired) electrons. The molecular weight excluding hydrogens is 275 g/mol. The van der Waals surface area contributed by atoms with Crippen LogP contribution < -0.4 is 11.1 Å². The summed E-state index contributed by atoms with van der Waals surface area (Å²) in [6.07, 6.45) is 1.51. The molecule has 0 atom stereocenters. The predicted molar refractivity (Wildman–Crippen MR) is 70.9 cm³/mol. The Balaban J connectivity index is 2.28. The van der Waals surface area contributed by atoms with Crippen LogP contribution >= 0.6 is 23.2 Å². The Morgan fingerprint density at radius 2 is 2.00 bits per heavy atom. The van der Waals surface area contributed by atoms with Crippen molar-refractivity contribution in [1.82, 2.24) is 9.97 Å². The molecule has 1 amide bonds. The third-order valence-corrected chi connectivity index (χ3v) is 2.68. The van der Waals surface area contributed by atoms with Crippen molar-refractivity contribution in [2.45, 2.75) is 0 Å². The first-order chi connectivity index (χ1) is 8.58. The molecule has 5 nitrogen and oxygen atoms in total. The number of nitrogen functional groups attached to an aromatic ring is 1. The molecule has 0 aliphatic carbocycles. The average Bonchev–Trinajstić information content (AvgIpc) is 2.35. The van der Waals surface area contributed by atoms with Gasteiger partial charge >= 0.3 is 0 Å². The maximum atomic E-state index is 11.9. The number of hydrogen-bond donors (Lipinski definition) is 2. The quantitative estimate of drug-likeness (QED) is 0.887. The smallest absolute Gasteiger partial charge is 0.277 e. The topological polar surface area (TPSA) is 80.9 Å². The number of nitrogens with one attached hydrogen (secondary N) is 1. The van der Waals surface area contributed by atoms with Gasteiger partial charge in [-0.25, -0.2) is 9.97 Å². The highest BCUT2D eigenvalue weighted by Gasteiger charge is 2.14. The zero-order valence-corrected chi connectivity index (χ0v) is 10.5. The van der Waals surface area contributed by atoms with E-state index in [0.717, 1.165) is 0 Å². The number of hydrogen-bond acceptors (Lipinski definition) is 4. The van der Waals surface area contributed by atoms with Crippen molar-refractivity contribution in [2.75, 3.05) is 11.1 Å². The van der Waals surface area contributed by atoms with E-state index in [0.29, 0.717) is 5.02 Å². The molecule has 7 heteroatoms. The average molecular weight is 283 g/mol. The second-order valence-electron chi connectivity index (χ2n) is 3.35. The van der Waals surface area contributed by atoms with Crippen molar-refractivity contribution in [3.63, 3.8) is 0 Å². The van der Waals surface area contributed by atoms with Crippen LogP contribution in [-0.2, 0) is 0 Å². The number of pyridine rings is 2. The molecule has 2 heterocycles. The van der Waals surface area contributed by atoms with Crippen molar-refractivity contribution >= 4 is 40.7 Å². The highest BCUT2D eigenvalue weighted by molar-refractivity contribution is 6.35. The van der Waals surface area contributed by atoms with Gasteiger partial charge in [-0.2, -0.15) is 0 Å². The third kappa shape index (κ3) is 2.69. The standard InChI is InChI=1S/C11H8Cl2N4O/c12-6-3-4-8(14)16-9(6)11(18)17-10-7(13)2-1-5-15-10/h1-5H,(H2,14,16)(H,15,17,18). The van der Waals surface area contributed by atoms with Crippen LogP contribution in [-0.4, -0.2) is 15.9 Å². The van der Waals surface area contributed by atoms with Gasteiger partial charge in [-0.1, -0.05) is 23.2 Å². The summed E-state index contributed by atoms with van der Waals surface area (Å²) in [5, 5.41) is 3.04. The molecule has 2 rings (SSSR count).